The lowest BCUT2D eigenvalue weighted by Gasteiger charge is -2.32. The second-order valence-electron chi connectivity index (χ2n) is 8.55. The van der Waals surface area contributed by atoms with Crippen LogP contribution in [0.25, 0.3) is 5.69 Å². The van der Waals surface area contributed by atoms with E-state index in [1.165, 1.54) is 0 Å². The number of nitrogens with one attached hydrogen (secondary N) is 1. The van der Waals surface area contributed by atoms with Crippen molar-refractivity contribution in [1.29, 1.82) is 0 Å². The number of anilines is 1. The van der Waals surface area contributed by atoms with Gasteiger partial charge < -0.3 is 19.4 Å². The minimum absolute atomic E-state index is 0.303. The number of rotatable bonds is 7. The minimum atomic E-state index is 0.303. The van der Waals surface area contributed by atoms with E-state index in [-0.39, 0.29) is 0 Å². The van der Waals surface area contributed by atoms with E-state index in [1.807, 2.05) is 31.2 Å². The molecule has 2 aromatic heterocycles. The monoisotopic (exact) mass is 541 g/mol. The fourth-order valence-corrected chi connectivity index (χ4v) is 4.94. The number of methoxy groups -OCH3 is 2. The Morgan fingerprint density at radius 2 is 1.76 bits per heavy atom. The van der Waals surface area contributed by atoms with E-state index in [0.29, 0.717) is 39.3 Å². The van der Waals surface area contributed by atoms with Gasteiger partial charge in [-0.15, -0.1) is 10.2 Å². The van der Waals surface area contributed by atoms with Crippen LogP contribution < -0.4 is 14.4 Å². The number of halogens is 2. The number of benzene rings is 2. The molecule has 1 aliphatic heterocycles. The maximum absolute atomic E-state index is 6.45. The molecular formula is C24H25Cl2N9O2. The Morgan fingerprint density at radius 1 is 1.00 bits per heavy atom. The third-order valence-electron chi connectivity index (χ3n) is 6.33. The molecule has 1 fully saturated rings. The fourth-order valence-electron chi connectivity index (χ4n) is 4.40. The second kappa shape index (κ2) is 10.7. The van der Waals surface area contributed by atoms with Crippen molar-refractivity contribution in [2.45, 2.75) is 25.7 Å². The molecule has 0 spiro atoms. The van der Waals surface area contributed by atoms with Crippen molar-refractivity contribution >= 4 is 40.8 Å². The average molecular weight is 542 g/mol. The molecule has 4 aromatic rings. The Balaban J connectivity index is 1.28. The standard InChI is InChI=1S/C24H25Cl2N9O2/c1-14-22(28-23(27-14)30-29-16-4-6-17(36-2)7-5-16)15-8-10-34(11-9-15)24-31-32-33-35(24)20-13-21(37-3)19(26)12-18(20)25/h4-7,12-13,15H,8-11H2,1-3H3,(H,27,28). The van der Waals surface area contributed by atoms with Gasteiger partial charge in [-0.1, -0.05) is 28.3 Å². The van der Waals surface area contributed by atoms with Crippen molar-refractivity contribution in [3.05, 3.63) is 57.8 Å². The Kier molecular flexibility index (Phi) is 7.24. The van der Waals surface area contributed by atoms with Crippen LogP contribution in [0.3, 0.4) is 0 Å². The molecule has 1 aliphatic rings. The number of azo groups is 1. The maximum Gasteiger partial charge on any atom is 0.250 e. The molecule has 13 heteroatoms. The van der Waals surface area contributed by atoms with E-state index in [9.17, 15) is 0 Å². The van der Waals surface area contributed by atoms with Crippen molar-refractivity contribution in [1.82, 2.24) is 30.2 Å². The molecule has 11 nitrogen and oxygen atoms in total. The molecular weight excluding hydrogens is 517 g/mol. The Morgan fingerprint density at radius 3 is 2.46 bits per heavy atom. The molecule has 192 valence electrons. The Hall–Kier alpha value is -3.70. The average Bonchev–Trinajstić information content (AvgIpc) is 3.55. The number of hydrogen-bond donors (Lipinski definition) is 1. The van der Waals surface area contributed by atoms with Crippen LogP contribution in [0.1, 0.15) is 30.1 Å². The number of tetrazole rings is 1. The number of H-pyrrole nitrogens is 1. The van der Waals surface area contributed by atoms with Gasteiger partial charge in [-0.2, -0.15) is 4.68 Å². The molecule has 1 saturated heterocycles. The van der Waals surface area contributed by atoms with Gasteiger partial charge in [0.05, 0.1) is 41.3 Å². The zero-order valence-electron chi connectivity index (χ0n) is 20.5. The van der Waals surface area contributed by atoms with Crippen LogP contribution in [-0.2, 0) is 0 Å². The zero-order chi connectivity index (χ0) is 25.9. The number of nitrogens with zero attached hydrogens (tertiary/aromatic N) is 8. The highest BCUT2D eigenvalue weighted by Crippen LogP contribution is 2.36. The number of aryl methyl sites for hydroxylation is 1. The van der Waals surface area contributed by atoms with Gasteiger partial charge >= 0.3 is 0 Å². The largest absolute Gasteiger partial charge is 0.497 e. The molecule has 0 amide bonds. The minimum Gasteiger partial charge on any atom is -0.497 e. The summed E-state index contributed by atoms with van der Waals surface area (Å²) >= 11 is 12.7. The Bertz CT molecular complexity index is 1410. The highest BCUT2D eigenvalue weighted by molar-refractivity contribution is 6.36. The highest BCUT2D eigenvalue weighted by Gasteiger charge is 2.27. The lowest BCUT2D eigenvalue weighted by atomic mass is 9.93. The van der Waals surface area contributed by atoms with Crippen molar-refractivity contribution in [2.75, 3.05) is 32.2 Å². The topological polar surface area (TPSA) is 119 Å². The van der Waals surface area contributed by atoms with Crippen LogP contribution in [0, 0.1) is 6.92 Å². The van der Waals surface area contributed by atoms with Crippen molar-refractivity contribution < 1.29 is 9.47 Å². The Labute approximate surface area is 223 Å². The third kappa shape index (κ3) is 5.23. The summed E-state index contributed by atoms with van der Waals surface area (Å²) < 4.78 is 12.1. The quantitative estimate of drug-likeness (QED) is 0.293. The van der Waals surface area contributed by atoms with Crippen LogP contribution >= 0.6 is 23.2 Å². The molecule has 37 heavy (non-hydrogen) atoms. The lowest BCUT2D eigenvalue weighted by Crippen LogP contribution is -2.35. The first-order valence-corrected chi connectivity index (χ1v) is 12.4. The molecule has 0 radical (unpaired) electrons. The molecule has 0 aliphatic carbocycles. The van der Waals surface area contributed by atoms with Gasteiger partial charge in [0.2, 0.25) is 11.9 Å². The summed E-state index contributed by atoms with van der Waals surface area (Å²) in [5, 5.41) is 21.7. The van der Waals surface area contributed by atoms with E-state index in [0.717, 1.165) is 48.8 Å². The van der Waals surface area contributed by atoms with E-state index >= 15 is 0 Å². The van der Waals surface area contributed by atoms with Gasteiger partial charge in [0.25, 0.3) is 0 Å². The predicted octanol–water partition coefficient (Wildman–Crippen LogP) is 5.82. The smallest absolute Gasteiger partial charge is 0.250 e. The van der Waals surface area contributed by atoms with Crippen LogP contribution in [-0.4, -0.2) is 57.5 Å². The normalized spacial score (nSPS) is 14.5. The van der Waals surface area contributed by atoms with Crippen LogP contribution in [0.2, 0.25) is 10.0 Å². The van der Waals surface area contributed by atoms with Crippen LogP contribution in [0.4, 0.5) is 17.6 Å². The van der Waals surface area contributed by atoms with Crippen molar-refractivity contribution in [3.63, 3.8) is 0 Å². The van der Waals surface area contributed by atoms with Gasteiger partial charge in [-0.3, -0.25) is 0 Å². The van der Waals surface area contributed by atoms with E-state index in [4.69, 9.17) is 32.7 Å². The number of aromatic amines is 1. The molecule has 5 rings (SSSR count). The summed E-state index contributed by atoms with van der Waals surface area (Å²) in [6.07, 6.45) is 1.78. The van der Waals surface area contributed by atoms with Gasteiger partial charge in [0.1, 0.15) is 11.5 Å². The summed E-state index contributed by atoms with van der Waals surface area (Å²) in [7, 11) is 3.18. The molecule has 0 saturated carbocycles. The van der Waals surface area contributed by atoms with Gasteiger partial charge in [0.15, 0.2) is 0 Å². The number of ether oxygens (including phenoxy) is 2. The van der Waals surface area contributed by atoms with E-state index in [2.05, 4.69) is 40.6 Å². The third-order valence-corrected chi connectivity index (χ3v) is 6.93. The molecule has 0 unspecified atom stereocenters. The van der Waals surface area contributed by atoms with E-state index < -0.39 is 0 Å². The molecule has 2 aromatic carbocycles. The van der Waals surface area contributed by atoms with E-state index in [1.54, 1.807) is 31.0 Å². The maximum atomic E-state index is 6.45. The molecule has 0 bridgehead atoms. The molecule has 1 N–H and O–H groups in total. The van der Waals surface area contributed by atoms with Crippen molar-refractivity contribution in [2.24, 2.45) is 10.2 Å². The number of imidazole rings is 1. The first-order valence-electron chi connectivity index (χ1n) is 11.7. The van der Waals surface area contributed by atoms with Crippen molar-refractivity contribution in [3.8, 4) is 17.2 Å². The van der Waals surface area contributed by atoms with Crippen LogP contribution in [0.5, 0.6) is 11.5 Å². The zero-order valence-corrected chi connectivity index (χ0v) is 22.0. The summed E-state index contributed by atoms with van der Waals surface area (Å²) in [5.74, 6) is 2.67. The van der Waals surface area contributed by atoms with Gasteiger partial charge in [0, 0.05) is 30.8 Å². The molecule has 3 heterocycles. The lowest BCUT2D eigenvalue weighted by molar-refractivity contribution is 0.414. The van der Waals surface area contributed by atoms with Gasteiger partial charge in [-0.25, -0.2) is 4.98 Å². The number of hydrogen-bond acceptors (Lipinski definition) is 9. The summed E-state index contributed by atoms with van der Waals surface area (Å²) in [6.45, 7) is 3.50. The fraction of sp³-hybridized carbons (Fsp3) is 0.333. The first kappa shape index (κ1) is 25.0. The SMILES string of the molecule is COc1ccc(N=Nc2nc(C)c(C3CCN(c4nnnn4-c4cc(OC)c(Cl)cc4Cl)CC3)[nH]2)cc1. The summed E-state index contributed by atoms with van der Waals surface area (Å²) in [5.41, 5.74) is 3.32. The first-order chi connectivity index (χ1) is 18.0. The van der Waals surface area contributed by atoms with Crippen LogP contribution in [0.15, 0.2) is 46.6 Å². The number of aromatic nitrogens is 6. The number of piperidine rings is 1. The predicted molar refractivity (Wildman–Crippen MR) is 140 cm³/mol. The molecule has 0 atom stereocenters. The van der Waals surface area contributed by atoms with Gasteiger partial charge in [-0.05, 0) is 60.5 Å². The summed E-state index contributed by atoms with van der Waals surface area (Å²) in [4.78, 5) is 10.1. The summed E-state index contributed by atoms with van der Waals surface area (Å²) in [6, 6.07) is 10.7. The second-order valence-corrected chi connectivity index (χ2v) is 9.36. The highest BCUT2D eigenvalue weighted by atomic mass is 35.5.